The minimum Gasteiger partial charge on any atom is -0.449 e. The van der Waals surface area contributed by atoms with Crippen LogP contribution < -0.4 is 4.18 Å². The van der Waals surface area contributed by atoms with Crippen LogP contribution in [0.25, 0.3) is 0 Å². The van der Waals surface area contributed by atoms with Crippen molar-refractivity contribution in [2.24, 2.45) is 16.8 Å². The molecule has 1 heterocycles. The first-order valence-corrected chi connectivity index (χ1v) is 15.3. The monoisotopic (exact) mass is 513 g/mol. The molecule has 0 spiro atoms. The lowest BCUT2D eigenvalue weighted by atomic mass is 9.88. The minimum atomic E-state index is -1.30. The Bertz CT molecular complexity index is 992. The van der Waals surface area contributed by atoms with Crippen LogP contribution in [-0.2, 0) is 9.47 Å². The number of aryl methyl sites for hydroxylation is 1. The maximum absolute atomic E-state index is 6.52. The number of nitrogens with zero attached hydrogens (tertiary/aromatic N) is 1. The van der Waals surface area contributed by atoms with Gasteiger partial charge in [0.2, 0.25) is 0 Å². The molecule has 4 nitrogen and oxygen atoms in total. The molecule has 1 aromatic carbocycles. The van der Waals surface area contributed by atoms with Crippen molar-refractivity contribution in [3.8, 4) is 18.1 Å². The Hall–Kier alpha value is -2.00. The molecule has 0 fully saturated rings. The summed E-state index contributed by atoms with van der Waals surface area (Å²) in [6.07, 6.45) is 17.4. The van der Waals surface area contributed by atoms with Crippen molar-refractivity contribution in [3.63, 3.8) is 0 Å². The lowest BCUT2D eigenvalue weighted by Crippen LogP contribution is -2.27. The average molecular weight is 514 g/mol. The van der Waals surface area contributed by atoms with E-state index in [1.807, 2.05) is 12.4 Å². The lowest BCUT2D eigenvalue weighted by Gasteiger charge is -2.43. The summed E-state index contributed by atoms with van der Waals surface area (Å²) in [5.74, 6) is 4.52. The Balaban J connectivity index is 2.08. The second-order valence-electron chi connectivity index (χ2n) is 11.4. The molecule has 0 aliphatic carbocycles. The van der Waals surface area contributed by atoms with E-state index in [1.165, 1.54) is 5.57 Å². The van der Waals surface area contributed by atoms with Crippen LogP contribution in [0.15, 0.2) is 46.6 Å². The zero-order valence-electron chi connectivity index (χ0n) is 23.9. The van der Waals surface area contributed by atoms with Gasteiger partial charge in [-0.3, -0.25) is 4.99 Å². The van der Waals surface area contributed by atoms with Crippen molar-refractivity contribution >= 4 is 16.5 Å². The molecule has 5 heteroatoms. The number of rotatable bonds is 12. The van der Waals surface area contributed by atoms with Gasteiger partial charge in [-0.15, -0.1) is 6.42 Å². The van der Waals surface area contributed by atoms with Crippen molar-refractivity contribution in [1.82, 2.24) is 0 Å². The SMILES string of the molecule is C#CC(C1=CCC([C@@H](C)COCCOCC(C)C)=CN=C1)c1cc(OS(C)(C)C(C)(C)C)ccc1C. The number of ether oxygens (including phenoxy) is 2. The first-order valence-electron chi connectivity index (χ1n) is 12.9. The second-order valence-corrected chi connectivity index (χ2v) is 15.2. The van der Waals surface area contributed by atoms with Crippen molar-refractivity contribution in [2.75, 3.05) is 38.9 Å². The summed E-state index contributed by atoms with van der Waals surface area (Å²) in [5, 5.41) is 0. The largest absolute Gasteiger partial charge is 0.449 e. The Labute approximate surface area is 222 Å². The highest BCUT2D eigenvalue weighted by molar-refractivity contribution is 8.30. The van der Waals surface area contributed by atoms with Crippen LogP contribution in [0.4, 0.5) is 0 Å². The fraction of sp³-hybridized carbons (Fsp3) is 0.581. The highest BCUT2D eigenvalue weighted by Crippen LogP contribution is 2.53. The third kappa shape index (κ3) is 8.83. The molecule has 0 saturated carbocycles. The quantitative estimate of drug-likeness (QED) is 0.215. The molecule has 1 aromatic rings. The zero-order chi connectivity index (χ0) is 26.9. The van der Waals surface area contributed by atoms with E-state index in [4.69, 9.17) is 20.1 Å². The first-order chi connectivity index (χ1) is 16.9. The molecule has 1 aliphatic heterocycles. The number of aliphatic imine (C=N–C) groups is 1. The molecule has 200 valence electrons. The fourth-order valence-corrected chi connectivity index (χ4v) is 4.43. The number of terminal acetylenes is 1. The van der Waals surface area contributed by atoms with Crippen LogP contribution in [0.3, 0.4) is 0 Å². The predicted molar refractivity (Wildman–Crippen MR) is 157 cm³/mol. The Kier molecular flexibility index (Phi) is 11.3. The van der Waals surface area contributed by atoms with Gasteiger partial charge in [0.05, 0.1) is 25.7 Å². The number of hydrogen-bond donors (Lipinski definition) is 0. The number of hydrogen-bond acceptors (Lipinski definition) is 4. The van der Waals surface area contributed by atoms with E-state index in [2.05, 4.69) is 96.2 Å². The summed E-state index contributed by atoms with van der Waals surface area (Å²) in [4.78, 5) is 4.61. The molecule has 1 aliphatic rings. The second kappa shape index (κ2) is 13.5. The highest BCUT2D eigenvalue weighted by Gasteiger charge is 2.30. The van der Waals surface area contributed by atoms with Crippen LogP contribution in [0.2, 0.25) is 0 Å². The number of allylic oxidation sites excluding steroid dienone is 2. The normalized spacial score (nSPS) is 16.6. The van der Waals surface area contributed by atoms with E-state index in [0.717, 1.165) is 35.5 Å². The average Bonchev–Trinajstić information content (AvgIpc) is 3.04. The highest BCUT2D eigenvalue weighted by atomic mass is 32.3. The molecule has 0 radical (unpaired) electrons. The van der Waals surface area contributed by atoms with Gasteiger partial charge in [-0.1, -0.05) is 49.1 Å². The van der Waals surface area contributed by atoms with E-state index < -0.39 is 10.3 Å². The minimum absolute atomic E-state index is 0.0730. The molecule has 36 heavy (non-hydrogen) atoms. The smallest absolute Gasteiger partial charge is 0.135 e. The molecule has 0 saturated heterocycles. The van der Waals surface area contributed by atoms with E-state index in [0.29, 0.717) is 25.7 Å². The molecular formula is C31H47NO3S. The van der Waals surface area contributed by atoms with Crippen molar-refractivity contribution in [1.29, 1.82) is 0 Å². The van der Waals surface area contributed by atoms with Crippen molar-refractivity contribution in [2.45, 2.75) is 65.6 Å². The van der Waals surface area contributed by atoms with Gasteiger partial charge in [0, 0.05) is 29.7 Å². The predicted octanol–water partition coefficient (Wildman–Crippen LogP) is 7.48. The van der Waals surface area contributed by atoms with Crippen LogP contribution in [0.5, 0.6) is 5.75 Å². The molecular weight excluding hydrogens is 466 g/mol. The summed E-state index contributed by atoms with van der Waals surface area (Å²) in [7, 11) is -1.30. The fourth-order valence-electron chi connectivity index (χ4n) is 3.60. The van der Waals surface area contributed by atoms with Gasteiger partial charge in [0.1, 0.15) is 5.75 Å². The van der Waals surface area contributed by atoms with E-state index in [9.17, 15) is 0 Å². The third-order valence-corrected chi connectivity index (χ3v) is 10.3. The summed E-state index contributed by atoms with van der Waals surface area (Å²) in [6, 6.07) is 6.28. The maximum Gasteiger partial charge on any atom is 0.135 e. The maximum atomic E-state index is 6.52. The van der Waals surface area contributed by atoms with Crippen LogP contribution >= 0.6 is 10.3 Å². The van der Waals surface area contributed by atoms with Gasteiger partial charge in [-0.2, -0.15) is 0 Å². The van der Waals surface area contributed by atoms with Crippen LogP contribution in [0.1, 0.15) is 65.0 Å². The van der Waals surface area contributed by atoms with Gasteiger partial charge < -0.3 is 13.7 Å². The Morgan fingerprint density at radius 2 is 1.75 bits per heavy atom. The van der Waals surface area contributed by atoms with Crippen molar-refractivity contribution in [3.05, 3.63) is 52.7 Å². The van der Waals surface area contributed by atoms with Gasteiger partial charge in [-0.25, -0.2) is 0 Å². The Morgan fingerprint density at radius 1 is 1.08 bits per heavy atom. The van der Waals surface area contributed by atoms with Crippen LogP contribution in [-0.4, -0.2) is 49.9 Å². The van der Waals surface area contributed by atoms with Gasteiger partial charge in [-0.05, 0) is 87.0 Å². The molecule has 2 atom stereocenters. The molecule has 1 unspecified atom stereocenters. The molecule has 2 rings (SSSR count). The standard InChI is InChI=1S/C31H47NO3S/c1-11-29(30-18-28(15-12-24(30)4)35-36(9,10)31(6,7)8)27-14-13-26(19-32-20-27)25(5)22-34-17-16-33-21-23(2)3/h1,12,14-15,18-20,23,25,29H,13,16-17,21-22H2,2-10H3/t25-,29?/m0/s1. The molecule has 0 amide bonds. The summed E-state index contributed by atoms with van der Waals surface area (Å²) in [6.45, 7) is 17.9. The van der Waals surface area contributed by atoms with Gasteiger partial charge in [0.25, 0.3) is 0 Å². The van der Waals surface area contributed by atoms with Gasteiger partial charge in [0.15, 0.2) is 0 Å². The van der Waals surface area contributed by atoms with Crippen molar-refractivity contribution < 1.29 is 13.7 Å². The van der Waals surface area contributed by atoms with E-state index in [-0.39, 0.29) is 16.6 Å². The topological polar surface area (TPSA) is 40.0 Å². The van der Waals surface area contributed by atoms with Crippen LogP contribution in [0, 0.1) is 31.1 Å². The summed E-state index contributed by atoms with van der Waals surface area (Å²) < 4.78 is 18.0. The molecule has 0 N–H and O–H groups in total. The zero-order valence-corrected chi connectivity index (χ0v) is 24.7. The lowest BCUT2D eigenvalue weighted by molar-refractivity contribution is 0.0306. The third-order valence-electron chi connectivity index (χ3n) is 6.70. The molecule has 0 bridgehead atoms. The number of benzene rings is 1. The summed E-state index contributed by atoms with van der Waals surface area (Å²) in [5.41, 5.74) is 4.53. The molecule has 0 aromatic heterocycles. The first kappa shape index (κ1) is 30.2. The Morgan fingerprint density at radius 3 is 2.36 bits per heavy atom. The summed E-state index contributed by atoms with van der Waals surface area (Å²) >= 11 is 0. The van der Waals surface area contributed by atoms with E-state index in [1.54, 1.807) is 0 Å². The van der Waals surface area contributed by atoms with E-state index >= 15 is 0 Å². The van der Waals surface area contributed by atoms with Gasteiger partial charge >= 0.3 is 0 Å².